The number of hydrogen-bond donors (Lipinski definition) is 0. The first-order valence-electron chi connectivity index (χ1n) is 8.36. The Bertz CT molecular complexity index is 964. The van der Waals surface area contributed by atoms with E-state index in [1.165, 1.54) is 25.5 Å². The maximum Gasteiger partial charge on any atom is 0.375 e. The molecular weight excluding hydrogens is 367 g/mol. The summed E-state index contributed by atoms with van der Waals surface area (Å²) in [5.41, 5.74) is 0.465. The molecule has 0 unspecified atom stereocenters. The number of Topliss-reactive ketones (excluding diaryl/α,β-unsaturated/α-hetero) is 1. The van der Waals surface area contributed by atoms with Gasteiger partial charge in [-0.25, -0.2) is 9.18 Å². The minimum Gasteiger partial charge on any atom is -0.496 e. The summed E-state index contributed by atoms with van der Waals surface area (Å²) in [6.45, 7) is -0.491. The number of hydrogen-bond acceptors (Lipinski definition) is 6. The second kappa shape index (κ2) is 8.85. The van der Waals surface area contributed by atoms with Gasteiger partial charge in [-0.2, -0.15) is 0 Å². The maximum atomic E-state index is 13.4. The highest BCUT2D eigenvalue weighted by Crippen LogP contribution is 2.21. The van der Waals surface area contributed by atoms with Gasteiger partial charge in [0.25, 0.3) is 0 Å². The summed E-state index contributed by atoms with van der Waals surface area (Å²) in [5.74, 6) is -1.25. The molecule has 1 heterocycles. The fourth-order valence-electron chi connectivity index (χ4n) is 2.48. The van der Waals surface area contributed by atoms with Crippen LogP contribution in [0.15, 0.2) is 65.3 Å². The van der Waals surface area contributed by atoms with E-state index >= 15 is 0 Å². The van der Waals surface area contributed by atoms with Crippen LogP contribution in [0.2, 0.25) is 0 Å². The Morgan fingerprint density at radius 1 is 1.07 bits per heavy atom. The zero-order valence-electron chi connectivity index (χ0n) is 15.0. The summed E-state index contributed by atoms with van der Waals surface area (Å²) in [7, 11) is 1.36. The lowest BCUT2D eigenvalue weighted by Gasteiger charge is -2.09. The number of carbonyl (C=O) groups excluding carboxylic acids is 2. The maximum absolute atomic E-state index is 13.4. The van der Waals surface area contributed by atoms with Crippen molar-refractivity contribution in [2.24, 2.45) is 0 Å². The monoisotopic (exact) mass is 384 g/mol. The van der Waals surface area contributed by atoms with Crippen LogP contribution in [0.1, 0.15) is 26.5 Å². The average molecular weight is 384 g/mol. The highest BCUT2D eigenvalue weighted by atomic mass is 19.1. The summed E-state index contributed by atoms with van der Waals surface area (Å²) >= 11 is 0. The quantitative estimate of drug-likeness (QED) is 0.431. The predicted molar refractivity (Wildman–Crippen MR) is 97.0 cm³/mol. The molecule has 7 heteroatoms. The molecule has 0 radical (unpaired) electrons. The van der Waals surface area contributed by atoms with Crippen LogP contribution in [0.5, 0.6) is 11.5 Å². The van der Waals surface area contributed by atoms with Crippen LogP contribution in [0.25, 0.3) is 0 Å². The van der Waals surface area contributed by atoms with Crippen LogP contribution in [0.4, 0.5) is 4.39 Å². The topological polar surface area (TPSA) is 75.0 Å². The molecule has 2 aromatic carbocycles. The highest BCUT2D eigenvalue weighted by molar-refractivity contribution is 6.01. The summed E-state index contributed by atoms with van der Waals surface area (Å²) in [6.07, 6.45) is 1.33. The van der Waals surface area contributed by atoms with Gasteiger partial charge in [0.2, 0.25) is 11.5 Å². The van der Waals surface area contributed by atoms with E-state index < -0.39 is 24.2 Å². The molecular formula is C21H17FO6. The van der Waals surface area contributed by atoms with Crippen LogP contribution in [0.3, 0.4) is 0 Å². The smallest absolute Gasteiger partial charge is 0.375 e. The van der Waals surface area contributed by atoms with E-state index in [1.54, 1.807) is 18.2 Å². The van der Waals surface area contributed by atoms with Gasteiger partial charge in [0.15, 0.2) is 6.61 Å². The Balaban J connectivity index is 1.62. The van der Waals surface area contributed by atoms with Crippen molar-refractivity contribution in [2.45, 2.75) is 6.61 Å². The Morgan fingerprint density at radius 2 is 1.86 bits per heavy atom. The molecule has 0 spiro atoms. The van der Waals surface area contributed by atoms with Crippen molar-refractivity contribution in [3.63, 3.8) is 0 Å². The average Bonchev–Trinajstić information content (AvgIpc) is 3.19. The predicted octanol–water partition coefficient (Wildman–Crippen LogP) is 4.05. The molecule has 6 nitrogen and oxygen atoms in total. The van der Waals surface area contributed by atoms with Crippen LogP contribution in [-0.2, 0) is 11.3 Å². The number of ether oxygens (including phenoxy) is 3. The van der Waals surface area contributed by atoms with Gasteiger partial charge in [-0.1, -0.05) is 18.2 Å². The summed E-state index contributed by atoms with van der Waals surface area (Å²) in [6, 6.07) is 14.2. The lowest BCUT2D eigenvalue weighted by molar-refractivity contribution is 0.0440. The van der Waals surface area contributed by atoms with Gasteiger partial charge in [0.05, 0.1) is 18.9 Å². The number of ketones is 1. The van der Waals surface area contributed by atoms with Crippen molar-refractivity contribution in [1.82, 2.24) is 0 Å². The van der Waals surface area contributed by atoms with Gasteiger partial charge in [-0.15, -0.1) is 0 Å². The molecule has 144 valence electrons. The molecule has 3 rings (SSSR count). The molecule has 0 N–H and O–H groups in total. The third kappa shape index (κ3) is 4.56. The van der Waals surface area contributed by atoms with Crippen LogP contribution >= 0.6 is 0 Å². The number of methoxy groups -OCH3 is 1. The van der Waals surface area contributed by atoms with Gasteiger partial charge in [0.1, 0.15) is 23.9 Å². The fraction of sp³-hybridized carbons (Fsp3) is 0.143. The van der Waals surface area contributed by atoms with Crippen molar-refractivity contribution in [3.05, 3.63) is 83.6 Å². The minimum atomic E-state index is -0.819. The zero-order chi connectivity index (χ0) is 19.9. The van der Waals surface area contributed by atoms with Crippen LogP contribution in [-0.4, -0.2) is 25.5 Å². The highest BCUT2D eigenvalue weighted by Gasteiger charge is 2.21. The van der Waals surface area contributed by atoms with Gasteiger partial charge in [-0.05, 0) is 36.4 Å². The largest absolute Gasteiger partial charge is 0.496 e. The Labute approximate surface area is 160 Å². The number of benzene rings is 2. The van der Waals surface area contributed by atoms with E-state index in [0.29, 0.717) is 11.3 Å². The number of para-hydroxylation sites is 1. The van der Waals surface area contributed by atoms with Crippen molar-refractivity contribution in [3.8, 4) is 11.5 Å². The molecule has 0 saturated carbocycles. The van der Waals surface area contributed by atoms with E-state index in [4.69, 9.17) is 18.6 Å². The number of carbonyl (C=O) groups is 2. The number of furan rings is 1. The second-order valence-electron chi connectivity index (χ2n) is 5.72. The van der Waals surface area contributed by atoms with E-state index in [0.717, 1.165) is 6.07 Å². The molecule has 0 saturated heterocycles. The van der Waals surface area contributed by atoms with Gasteiger partial charge in [-0.3, -0.25) is 4.79 Å². The van der Waals surface area contributed by atoms with Crippen LogP contribution in [0, 0.1) is 5.82 Å². The number of esters is 1. The first-order valence-corrected chi connectivity index (χ1v) is 8.36. The number of rotatable bonds is 8. The lowest BCUT2D eigenvalue weighted by atomic mass is 10.1. The van der Waals surface area contributed by atoms with E-state index in [1.807, 2.05) is 18.2 Å². The lowest BCUT2D eigenvalue weighted by Crippen LogP contribution is -2.16. The standard InChI is InChI=1S/C21H17FO6/c1-25-19-8-7-15(22)11-17(19)18(23)13-28-21(24)20-14(9-10-26-20)12-27-16-5-3-2-4-6-16/h2-11H,12-13H2,1H3. The Hall–Kier alpha value is -3.61. The molecule has 3 aromatic rings. The van der Waals surface area contributed by atoms with E-state index in [-0.39, 0.29) is 23.7 Å². The molecule has 28 heavy (non-hydrogen) atoms. The summed E-state index contributed by atoms with van der Waals surface area (Å²) in [4.78, 5) is 24.5. The van der Waals surface area contributed by atoms with Gasteiger partial charge < -0.3 is 18.6 Å². The van der Waals surface area contributed by atoms with Crippen molar-refractivity contribution < 1.29 is 32.6 Å². The molecule has 0 aliphatic carbocycles. The third-order valence-corrected chi connectivity index (χ3v) is 3.87. The fourth-order valence-corrected chi connectivity index (χ4v) is 2.48. The van der Waals surface area contributed by atoms with E-state index in [2.05, 4.69) is 0 Å². The number of halogens is 1. The van der Waals surface area contributed by atoms with E-state index in [9.17, 15) is 14.0 Å². The molecule has 0 fully saturated rings. The van der Waals surface area contributed by atoms with Crippen LogP contribution < -0.4 is 9.47 Å². The third-order valence-electron chi connectivity index (χ3n) is 3.87. The Kier molecular flexibility index (Phi) is 6.06. The molecule has 1 aromatic heterocycles. The molecule has 0 aliphatic rings. The molecule has 0 aliphatic heterocycles. The zero-order valence-corrected chi connectivity index (χ0v) is 15.0. The second-order valence-corrected chi connectivity index (χ2v) is 5.72. The van der Waals surface area contributed by atoms with Crippen molar-refractivity contribution in [2.75, 3.05) is 13.7 Å². The van der Waals surface area contributed by atoms with Gasteiger partial charge in [0, 0.05) is 5.56 Å². The Morgan fingerprint density at radius 3 is 2.61 bits per heavy atom. The van der Waals surface area contributed by atoms with Crippen molar-refractivity contribution >= 4 is 11.8 Å². The molecule has 0 amide bonds. The molecule has 0 atom stereocenters. The summed E-state index contributed by atoms with van der Waals surface area (Å²) < 4.78 is 34.2. The van der Waals surface area contributed by atoms with Crippen molar-refractivity contribution in [1.29, 1.82) is 0 Å². The first-order chi connectivity index (χ1) is 13.6. The SMILES string of the molecule is COc1ccc(F)cc1C(=O)COC(=O)c1occc1COc1ccccc1. The van der Waals surface area contributed by atoms with Gasteiger partial charge >= 0.3 is 5.97 Å². The molecule has 0 bridgehead atoms. The summed E-state index contributed by atoms with van der Waals surface area (Å²) in [5, 5.41) is 0. The minimum absolute atomic E-state index is 0.0117. The first kappa shape index (κ1) is 19.2. The normalized spacial score (nSPS) is 10.4.